The molecule has 0 spiro atoms. The SMILES string of the molecule is CCc1ccc(NC(=O)CSc2nnc([C@H](NC(=O)c3ccc(OC)cc3)C(C)C)n2C)cc1. The Hall–Kier alpha value is -3.33. The Morgan fingerprint density at radius 1 is 1.06 bits per heavy atom. The van der Waals surface area contributed by atoms with Crippen LogP contribution >= 0.6 is 11.8 Å². The van der Waals surface area contributed by atoms with Gasteiger partial charge < -0.3 is 19.9 Å². The van der Waals surface area contributed by atoms with Gasteiger partial charge in [-0.3, -0.25) is 9.59 Å². The highest BCUT2D eigenvalue weighted by Gasteiger charge is 2.25. The van der Waals surface area contributed by atoms with Gasteiger partial charge in [0.15, 0.2) is 11.0 Å². The molecule has 0 radical (unpaired) electrons. The molecule has 0 bridgehead atoms. The van der Waals surface area contributed by atoms with Crippen LogP contribution in [-0.4, -0.2) is 39.4 Å². The predicted octanol–water partition coefficient (Wildman–Crippen LogP) is 4.24. The molecular weight excluding hydrogens is 450 g/mol. The summed E-state index contributed by atoms with van der Waals surface area (Å²) in [5, 5.41) is 15.1. The summed E-state index contributed by atoms with van der Waals surface area (Å²) in [5.41, 5.74) is 2.52. The van der Waals surface area contributed by atoms with E-state index in [1.54, 1.807) is 31.4 Å². The number of carbonyl (C=O) groups is 2. The molecule has 0 saturated heterocycles. The molecule has 2 N–H and O–H groups in total. The summed E-state index contributed by atoms with van der Waals surface area (Å²) in [6.45, 7) is 6.11. The Labute approximate surface area is 204 Å². The molecule has 1 heterocycles. The molecule has 0 aliphatic rings. The maximum atomic E-state index is 12.8. The molecule has 0 aliphatic carbocycles. The predicted molar refractivity (Wildman–Crippen MR) is 134 cm³/mol. The van der Waals surface area contributed by atoms with Crippen molar-refractivity contribution >= 4 is 29.3 Å². The summed E-state index contributed by atoms with van der Waals surface area (Å²) < 4.78 is 6.98. The van der Waals surface area contributed by atoms with Crippen LogP contribution in [0.2, 0.25) is 0 Å². The Bertz CT molecular complexity index is 1110. The van der Waals surface area contributed by atoms with Crippen molar-refractivity contribution in [2.45, 2.75) is 38.4 Å². The minimum Gasteiger partial charge on any atom is -0.497 e. The second-order valence-electron chi connectivity index (χ2n) is 8.21. The molecule has 0 fully saturated rings. The summed E-state index contributed by atoms with van der Waals surface area (Å²) in [6, 6.07) is 14.4. The molecule has 2 aromatic carbocycles. The number of rotatable bonds is 10. The van der Waals surface area contributed by atoms with Gasteiger partial charge in [-0.15, -0.1) is 10.2 Å². The van der Waals surface area contributed by atoms with E-state index < -0.39 is 0 Å². The Kier molecular flexibility index (Phi) is 8.70. The second-order valence-corrected chi connectivity index (χ2v) is 9.15. The van der Waals surface area contributed by atoms with Crippen molar-refractivity contribution in [3.05, 3.63) is 65.5 Å². The van der Waals surface area contributed by atoms with Crippen LogP contribution < -0.4 is 15.4 Å². The van der Waals surface area contributed by atoms with E-state index >= 15 is 0 Å². The number of methoxy groups -OCH3 is 1. The zero-order chi connectivity index (χ0) is 24.7. The molecule has 0 saturated carbocycles. The fourth-order valence-corrected chi connectivity index (χ4v) is 4.09. The molecule has 0 unspecified atom stereocenters. The quantitative estimate of drug-likeness (QED) is 0.420. The number of benzene rings is 2. The van der Waals surface area contributed by atoms with Crippen LogP contribution in [-0.2, 0) is 18.3 Å². The van der Waals surface area contributed by atoms with Crippen LogP contribution in [0.4, 0.5) is 5.69 Å². The summed E-state index contributed by atoms with van der Waals surface area (Å²) in [6.07, 6.45) is 0.955. The Morgan fingerprint density at radius 3 is 2.32 bits per heavy atom. The monoisotopic (exact) mass is 481 g/mol. The highest BCUT2D eigenvalue weighted by Crippen LogP contribution is 2.25. The van der Waals surface area contributed by atoms with E-state index in [1.807, 2.05) is 49.7 Å². The lowest BCUT2D eigenvalue weighted by molar-refractivity contribution is -0.113. The molecule has 3 aromatic rings. The van der Waals surface area contributed by atoms with Gasteiger partial charge >= 0.3 is 0 Å². The van der Waals surface area contributed by atoms with Gasteiger partial charge in [0.05, 0.1) is 18.9 Å². The molecule has 3 rings (SSSR count). The van der Waals surface area contributed by atoms with Gasteiger partial charge in [-0.1, -0.05) is 44.7 Å². The Morgan fingerprint density at radius 2 is 1.74 bits per heavy atom. The zero-order valence-corrected chi connectivity index (χ0v) is 21.0. The van der Waals surface area contributed by atoms with Crippen LogP contribution in [0, 0.1) is 5.92 Å². The number of hydrogen-bond donors (Lipinski definition) is 2. The smallest absolute Gasteiger partial charge is 0.251 e. The number of amides is 2. The first-order valence-corrected chi connectivity index (χ1v) is 12.2. The van der Waals surface area contributed by atoms with Crippen molar-refractivity contribution in [1.29, 1.82) is 0 Å². The minimum atomic E-state index is -0.340. The van der Waals surface area contributed by atoms with Gasteiger partial charge in [0, 0.05) is 18.3 Å². The number of aryl methyl sites for hydroxylation is 1. The fraction of sp³-hybridized carbons (Fsp3) is 0.360. The first kappa shape index (κ1) is 25.3. The highest BCUT2D eigenvalue weighted by atomic mass is 32.2. The van der Waals surface area contributed by atoms with Crippen molar-refractivity contribution < 1.29 is 14.3 Å². The number of ether oxygens (including phenoxy) is 1. The maximum absolute atomic E-state index is 12.8. The van der Waals surface area contributed by atoms with Gasteiger partial charge in [-0.05, 0) is 54.3 Å². The van der Waals surface area contributed by atoms with Crippen LogP contribution in [0.15, 0.2) is 53.7 Å². The summed E-state index contributed by atoms with van der Waals surface area (Å²) in [4.78, 5) is 25.2. The molecule has 8 nitrogen and oxygen atoms in total. The first-order chi connectivity index (χ1) is 16.3. The minimum absolute atomic E-state index is 0.0809. The standard InChI is InChI=1S/C25H31N5O3S/c1-6-17-7-11-19(12-8-17)26-21(31)15-34-25-29-28-23(30(25)4)22(16(2)3)27-24(32)18-9-13-20(33-5)14-10-18/h7-14,16,22H,6,15H2,1-5H3,(H,26,31)(H,27,32)/t22-/m1/s1. The maximum Gasteiger partial charge on any atom is 0.251 e. The average molecular weight is 482 g/mol. The molecule has 0 aliphatic heterocycles. The second kappa shape index (κ2) is 11.7. The number of carbonyl (C=O) groups excluding carboxylic acids is 2. The van der Waals surface area contributed by atoms with Gasteiger partial charge in [0.2, 0.25) is 5.91 Å². The van der Waals surface area contributed by atoms with Gasteiger partial charge in [0.1, 0.15) is 5.75 Å². The van der Waals surface area contributed by atoms with Gasteiger partial charge in [0.25, 0.3) is 5.91 Å². The largest absolute Gasteiger partial charge is 0.497 e. The zero-order valence-electron chi connectivity index (χ0n) is 20.2. The van der Waals surface area contributed by atoms with Crippen LogP contribution in [0.3, 0.4) is 0 Å². The molecular formula is C25H31N5O3S. The normalized spacial score (nSPS) is 11.8. The third kappa shape index (κ3) is 6.38. The van der Waals surface area contributed by atoms with Crippen LogP contribution in [0.5, 0.6) is 5.75 Å². The van der Waals surface area contributed by atoms with E-state index in [9.17, 15) is 9.59 Å². The van der Waals surface area contributed by atoms with E-state index in [0.29, 0.717) is 22.3 Å². The molecule has 9 heteroatoms. The van der Waals surface area contributed by atoms with Crippen molar-refractivity contribution in [3.63, 3.8) is 0 Å². The number of hydrogen-bond acceptors (Lipinski definition) is 6. The van der Waals surface area contributed by atoms with Gasteiger partial charge in [-0.25, -0.2) is 0 Å². The lowest BCUT2D eigenvalue weighted by atomic mass is 10.0. The van der Waals surface area contributed by atoms with Crippen LogP contribution in [0.25, 0.3) is 0 Å². The lowest BCUT2D eigenvalue weighted by Gasteiger charge is -2.21. The van der Waals surface area contributed by atoms with Crippen molar-refractivity contribution in [2.24, 2.45) is 13.0 Å². The van der Waals surface area contributed by atoms with E-state index in [4.69, 9.17) is 4.74 Å². The number of anilines is 1. The third-order valence-electron chi connectivity index (χ3n) is 5.43. The fourth-order valence-electron chi connectivity index (χ4n) is 3.37. The number of nitrogens with one attached hydrogen (secondary N) is 2. The molecule has 1 aromatic heterocycles. The van der Waals surface area contributed by atoms with Crippen molar-refractivity contribution in [1.82, 2.24) is 20.1 Å². The molecule has 180 valence electrons. The average Bonchev–Trinajstić information content (AvgIpc) is 3.21. The molecule has 1 atom stereocenters. The molecule has 34 heavy (non-hydrogen) atoms. The highest BCUT2D eigenvalue weighted by molar-refractivity contribution is 7.99. The van der Waals surface area contributed by atoms with Crippen molar-refractivity contribution in [3.8, 4) is 5.75 Å². The van der Waals surface area contributed by atoms with E-state index in [1.165, 1.54) is 17.3 Å². The number of thioether (sulfide) groups is 1. The van der Waals surface area contributed by atoms with Crippen molar-refractivity contribution in [2.75, 3.05) is 18.2 Å². The topological polar surface area (TPSA) is 98.1 Å². The van der Waals surface area contributed by atoms with E-state index in [0.717, 1.165) is 12.1 Å². The number of aromatic nitrogens is 3. The summed E-state index contributed by atoms with van der Waals surface area (Å²) in [5.74, 6) is 1.28. The summed E-state index contributed by atoms with van der Waals surface area (Å²) in [7, 11) is 3.43. The third-order valence-corrected chi connectivity index (χ3v) is 6.45. The first-order valence-electron chi connectivity index (χ1n) is 11.2. The van der Waals surface area contributed by atoms with Crippen LogP contribution in [0.1, 0.15) is 48.6 Å². The number of nitrogens with zero attached hydrogens (tertiary/aromatic N) is 3. The van der Waals surface area contributed by atoms with E-state index in [2.05, 4.69) is 27.8 Å². The van der Waals surface area contributed by atoms with Gasteiger partial charge in [-0.2, -0.15) is 0 Å². The lowest BCUT2D eigenvalue weighted by Crippen LogP contribution is -2.33. The summed E-state index contributed by atoms with van der Waals surface area (Å²) >= 11 is 1.30. The van der Waals surface area contributed by atoms with E-state index in [-0.39, 0.29) is 29.5 Å². The Balaban J connectivity index is 1.63. The molecule has 2 amide bonds.